The standard InChI is InChI=1S/C24H20O4/c1-13-5-7-17(9-15(13)3)23(27)19-11-22(26)20(12-21(19)25)24(28)18-8-6-14(2)16(4)10-18/h5-12H,1-4H3. The van der Waals surface area contributed by atoms with E-state index in [9.17, 15) is 19.2 Å². The first-order valence-corrected chi connectivity index (χ1v) is 8.95. The summed E-state index contributed by atoms with van der Waals surface area (Å²) in [6.45, 7) is 7.58. The van der Waals surface area contributed by atoms with Gasteiger partial charge in [-0.05, 0) is 62.1 Å². The Morgan fingerprint density at radius 2 is 0.929 bits per heavy atom. The molecule has 0 bridgehead atoms. The third-order valence-electron chi connectivity index (χ3n) is 5.11. The Morgan fingerprint density at radius 3 is 1.25 bits per heavy atom. The van der Waals surface area contributed by atoms with Crippen LogP contribution in [0.3, 0.4) is 0 Å². The lowest BCUT2D eigenvalue weighted by atomic mass is 9.87. The van der Waals surface area contributed by atoms with Gasteiger partial charge < -0.3 is 0 Å². The fourth-order valence-electron chi connectivity index (χ4n) is 2.99. The van der Waals surface area contributed by atoms with E-state index in [2.05, 4.69) is 0 Å². The fraction of sp³-hybridized carbons (Fsp3) is 0.167. The molecule has 0 aromatic heterocycles. The van der Waals surface area contributed by atoms with Gasteiger partial charge in [-0.1, -0.05) is 24.3 Å². The molecule has 1 aliphatic rings. The summed E-state index contributed by atoms with van der Waals surface area (Å²) in [6, 6.07) is 10.2. The minimum Gasteiger partial charge on any atom is -0.289 e. The third kappa shape index (κ3) is 3.54. The highest BCUT2D eigenvalue weighted by molar-refractivity contribution is 6.41. The molecule has 0 heterocycles. The first-order chi connectivity index (χ1) is 13.2. The Balaban J connectivity index is 1.91. The number of benzene rings is 2. The van der Waals surface area contributed by atoms with Crippen molar-refractivity contribution in [2.24, 2.45) is 0 Å². The Bertz CT molecular complexity index is 1020. The molecule has 1 aliphatic carbocycles. The lowest BCUT2D eigenvalue weighted by Gasteiger charge is -2.12. The zero-order valence-corrected chi connectivity index (χ0v) is 16.3. The van der Waals surface area contributed by atoms with Gasteiger partial charge >= 0.3 is 0 Å². The van der Waals surface area contributed by atoms with Gasteiger partial charge in [-0.15, -0.1) is 0 Å². The number of ketones is 4. The molecular formula is C24H20O4. The number of carbonyl (C=O) groups is 4. The molecule has 0 saturated heterocycles. The van der Waals surface area contributed by atoms with Gasteiger partial charge in [0.25, 0.3) is 0 Å². The number of aryl methyl sites for hydroxylation is 4. The molecule has 0 saturated carbocycles. The lowest BCUT2D eigenvalue weighted by Crippen LogP contribution is -2.23. The van der Waals surface area contributed by atoms with Crippen LogP contribution in [-0.4, -0.2) is 23.1 Å². The van der Waals surface area contributed by atoms with Crippen LogP contribution in [0.25, 0.3) is 0 Å². The number of hydrogen-bond acceptors (Lipinski definition) is 4. The summed E-state index contributed by atoms with van der Waals surface area (Å²) < 4.78 is 0. The Morgan fingerprint density at radius 1 is 0.571 bits per heavy atom. The van der Waals surface area contributed by atoms with Crippen LogP contribution in [0.4, 0.5) is 0 Å². The van der Waals surface area contributed by atoms with Gasteiger partial charge in [0.15, 0.2) is 23.1 Å². The number of rotatable bonds is 4. The van der Waals surface area contributed by atoms with E-state index in [4.69, 9.17) is 0 Å². The van der Waals surface area contributed by atoms with Crippen LogP contribution in [-0.2, 0) is 9.59 Å². The van der Waals surface area contributed by atoms with Crippen LogP contribution >= 0.6 is 0 Å². The van der Waals surface area contributed by atoms with Gasteiger partial charge in [0, 0.05) is 23.3 Å². The molecule has 0 spiro atoms. The van der Waals surface area contributed by atoms with Crippen molar-refractivity contribution in [3.8, 4) is 0 Å². The second kappa shape index (κ2) is 7.31. The minimum atomic E-state index is -0.630. The van der Waals surface area contributed by atoms with Crippen molar-refractivity contribution in [3.63, 3.8) is 0 Å². The highest BCUT2D eigenvalue weighted by atomic mass is 16.2. The zero-order valence-electron chi connectivity index (χ0n) is 16.3. The van der Waals surface area contributed by atoms with E-state index in [1.807, 2.05) is 27.7 Å². The predicted octanol–water partition coefficient (Wildman–Crippen LogP) is 3.99. The molecule has 4 heteroatoms. The Kier molecular flexibility index (Phi) is 5.06. The molecule has 0 fully saturated rings. The summed E-state index contributed by atoms with van der Waals surface area (Å²) in [5.41, 5.74) is 4.13. The van der Waals surface area contributed by atoms with E-state index in [1.54, 1.807) is 36.4 Å². The van der Waals surface area contributed by atoms with E-state index in [-0.39, 0.29) is 11.1 Å². The first-order valence-electron chi connectivity index (χ1n) is 8.95. The topological polar surface area (TPSA) is 68.3 Å². The lowest BCUT2D eigenvalue weighted by molar-refractivity contribution is -0.114. The van der Waals surface area contributed by atoms with Crippen molar-refractivity contribution in [1.29, 1.82) is 0 Å². The molecular weight excluding hydrogens is 352 g/mol. The molecule has 0 unspecified atom stereocenters. The Hall–Kier alpha value is -3.40. The van der Waals surface area contributed by atoms with Crippen molar-refractivity contribution in [2.75, 3.05) is 0 Å². The average Bonchev–Trinajstić information content (AvgIpc) is 2.66. The van der Waals surface area contributed by atoms with E-state index in [1.165, 1.54) is 0 Å². The van der Waals surface area contributed by atoms with Crippen molar-refractivity contribution in [3.05, 3.63) is 93.1 Å². The average molecular weight is 372 g/mol. The molecule has 0 amide bonds. The van der Waals surface area contributed by atoms with Crippen LogP contribution in [0.1, 0.15) is 43.0 Å². The van der Waals surface area contributed by atoms with E-state index in [0.29, 0.717) is 11.1 Å². The molecule has 3 rings (SSSR count). The second-order valence-corrected chi connectivity index (χ2v) is 7.10. The maximum Gasteiger partial charge on any atom is 0.197 e. The number of carbonyl (C=O) groups excluding carboxylic acids is 4. The van der Waals surface area contributed by atoms with Gasteiger partial charge in [-0.3, -0.25) is 19.2 Å². The monoisotopic (exact) mass is 372 g/mol. The van der Waals surface area contributed by atoms with E-state index >= 15 is 0 Å². The molecule has 0 radical (unpaired) electrons. The van der Waals surface area contributed by atoms with Crippen LogP contribution < -0.4 is 0 Å². The van der Waals surface area contributed by atoms with Gasteiger partial charge in [0.2, 0.25) is 0 Å². The molecule has 0 aliphatic heterocycles. The van der Waals surface area contributed by atoms with E-state index < -0.39 is 23.1 Å². The van der Waals surface area contributed by atoms with Crippen LogP contribution in [0, 0.1) is 27.7 Å². The molecule has 0 N–H and O–H groups in total. The van der Waals surface area contributed by atoms with Crippen molar-refractivity contribution < 1.29 is 19.2 Å². The number of hydrogen-bond donors (Lipinski definition) is 0. The summed E-state index contributed by atoms with van der Waals surface area (Å²) in [7, 11) is 0. The van der Waals surface area contributed by atoms with Crippen LogP contribution in [0.2, 0.25) is 0 Å². The Labute approximate surface area is 163 Å². The summed E-state index contributed by atoms with van der Waals surface area (Å²) in [5.74, 6) is -2.30. The first kappa shape index (κ1) is 19.4. The number of allylic oxidation sites excluding steroid dienone is 4. The molecule has 4 nitrogen and oxygen atoms in total. The van der Waals surface area contributed by atoms with Crippen LogP contribution in [0.15, 0.2) is 59.7 Å². The number of Topliss-reactive ketones (excluding diaryl/α,β-unsaturated/α-hetero) is 2. The summed E-state index contributed by atoms with van der Waals surface area (Å²) in [4.78, 5) is 50.4. The zero-order chi connectivity index (χ0) is 20.6. The maximum absolute atomic E-state index is 12.7. The molecule has 2 aromatic carbocycles. The molecule has 2 aromatic rings. The smallest absolute Gasteiger partial charge is 0.197 e. The van der Waals surface area contributed by atoms with Gasteiger partial charge in [-0.2, -0.15) is 0 Å². The summed E-state index contributed by atoms with van der Waals surface area (Å²) in [6.07, 6.45) is 1.96. The largest absolute Gasteiger partial charge is 0.289 e. The van der Waals surface area contributed by atoms with Crippen LogP contribution in [0.5, 0.6) is 0 Å². The summed E-state index contributed by atoms with van der Waals surface area (Å²) >= 11 is 0. The third-order valence-corrected chi connectivity index (χ3v) is 5.11. The quantitative estimate of drug-likeness (QED) is 0.462. The van der Waals surface area contributed by atoms with Crippen molar-refractivity contribution in [2.45, 2.75) is 27.7 Å². The van der Waals surface area contributed by atoms with Crippen molar-refractivity contribution >= 4 is 23.1 Å². The van der Waals surface area contributed by atoms with Crippen molar-refractivity contribution in [1.82, 2.24) is 0 Å². The minimum absolute atomic E-state index is 0.218. The van der Waals surface area contributed by atoms with E-state index in [0.717, 1.165) is 34.4 Å². The predicted molar refractivity (Wildman–Crippen MR) is 107 cm³/mol. The van der Waals surface area contributed by atoms with Gasteiger partial charge in [0.05, 0.1) is 11.1 Å². The molecule has 28 heavy (non-hydrogen) atoms. The van der Waals surface area contributed by atoms with Gasteiger partial charge in [0.1, 0.15) is 0 Å². The second-order valence-electron chi connectivity index (χ2n) is 7.10. The highest BCUT2D eigenvalue weighted by Crippen LogP contribution is 2.22. The fourth-order valence-corrected chi connectivity index (χ4v) is 2.99. The SMILES string of the molecule is Cc1ccc(C(=O)C2=CC(=O)C(C(=O)c3ccc(C)c(C)c3)=CC2=O)cc1C. The molecule has 140 valence electrons. The highest BCUT2D eigenvalue weighted by Gasteiger charge is 2.29. The maximum atomic E-state index is 12.7. The summed E-state index contributed by atoms with van der Waals surface area (Å²) in [5, 5.41) is 0. The normalized spacial score (nSPS) is 13.9. The van der Waals surface area contributed by atoms with Gasteiger partial charge in [-0.25, -0.2) is 0 Å². The molecule has 0 atom stereocenters.